The van der Waals surface area contributed by atoms with Crippen molar-refractivity contribution < 1.29 is 19.0 Å². The monoisotopic (exact) mass is 309 g/mol. The maximum atomic E-state index is 13.0. The Hall–Kier alpha value is -2.27. The summed E-state index contributed by atoms with van der Waals surface area (Å²) in [6.45, 7) is 0.162. The van der Waals surface area contributed by atoms with Gasteiger partial charge >= 0.3 is 0 Å². The predicted octanol–water partition coefficient (Wildman–Crippen LogP) is 3.12. The standard InChI is InChI=1S/C15H13ClFNO3/c1-21-10-3-5-14(19)11(7-10)15(20)18-8-9-2-4-13(17)12(16)6-9/h2-7,19H,8H2,1H3,(H,18,20). The number of phenolic OH excluding ortho intramolecular Hbond substituents is 1. The molecule has 1 amide bonds. The number of carbonyl (C=O) groups is 1. The third-order valence-corrected chi connectivity index (χ3v) is 3.18. The molecule has 110 valence electrons. The Bertz CT molecular complexity index is 676. The summed E-state index contributed by atoms with van der Waals surface area (Å²) >= 11 is 5.67. The van der Waals surface area contributed by atoms with Crippen LogP contribution in [0.2, 0.25) is 5.02 Å². The number of ether oxygens (including phenoxy) is 1. The van der Waals surface area contributed by atoms with Gasteiger partial charge < -0.3 is 15.2 Å². The molecule has 2 rings (SSSR count). The van der Waals surface area contributed by atoms with E-state index in [-0.39, 0.29) is 22.9 Å². The molecule has 0 radical (unpaired) electrons. The van der Waals surface area contributed by atoms with Gasteiger partial charge in [-0.15, -0.1) is 0 Å². The largest absolute Gasteiger partial charge is 0.507 e. The Morgan fingerprint density at radius 2 is 2.10 bits per heavy atom. The van der Waals surface area contributed by atoms with E-state index >= 15 is 0 Å². The quantitative estimate of drug-likeness (QED) is 0.912. The third kappa shape index (κ3) is 3.64. The van der Waals surface area contributed by atoms with Gasteiger partial charge in [0.2, 0.25) is 0 Å². The molecule has 4 nitrogen and oxygen atoms in total. The number of carbonyl (C=O) groups excluding carboxylic acids is 1. The van der Waals surface area contributed by atoms with Crippen LogP contribution in [0.3, 0.4) is 0 Å². The lowest BCUT2D eigenvalue weighted by molar-refractivity contribution is 0.0948. The van der Waals surface area contributed by atoms with E-state index in [1.54, 1.807) is 6.07 Å². The van der Waals surface area contributed by atoms with Crippen LogP contribution in [-0.2, 0) is 6.54 Å². The zero-order valence-corrected chi connectivity index (χ0v) is 11.9. The summed E-state index contributed by atoms with van der Waals surface area (Å²) in [7, 11) is 1.47. The Morgan fingerprint density at radius 1 is 1.33 bits per heavy atom. The van der Waals surface area contributed by atoms with Gasteiger partial charge in [0.25, 0.3) is 5.91 Å². The number of phenols is 1. The third-order valence-electron chi connectivity index (χ3n) is 2.89. The lowest BCUT2D eigenvalue weighted by atomic mass is 10.1. The van der Waals surface area contributed by atoms with Crippen LogP contribution >= 0.6 is 11.6 Å². The van der Waals surface area contributed by atoms with Crippen LogP contribution < -0.4 is 10.1 Å². The van der Waals surface area contributed by atoms with Gasteiger partial charge in [0.15, 0.2) is 0 Å². The van der Waals surface area contributed by atoms with Gasteiger partial charge in [0.05, 0.1) is 17.7 Å². The zero-order valence-electron chi connectivity index (χ0n) is 11.2. The van der Waals surface area contributed by atoms with E-state index in [1.165, 1.54) is 37.4 Å². The summed E-state index contributed by atoms with van der Waals surface area (Å²) in [5.74, 6) is -0.669. The van der Waals surface area contributed by atoms with Crippen molar-refractivity contribution in [2.24, 2.45) is 0 Å². The maximum absolute atomic E-state index is 13.0. The second-order valence-corrected chi connectivity index (χ2v) is 4.72. The summed E-state index contributed by atoms with van der Waals surface area (Å²) in [4.78, 5) is 12.0. The number of halogens is 2. The lowest BCUT2D eigenvalue weighted by Gasteiger charge is -2.09. The normalized spacial score (nSPS) is 10.2. The number of amides is 1. The van der Waals surface area contributed by atoms with Gasteiger partial charge in [-0.1, -0.05) is 17.7 Å². The molecule has 0 saturated carbocycles. The van der Waals surface area contributed by atoms with Crippen LogP contribution in [0.5, 0.6) is 11.5 Å². The van der Waals surface area contributed by atoms with Crippen molar-refractivity contribution in [1.29, 1.82) is 0 Å². The summed E-state index contributed by atoms with van der Waals surface area (Å²) in [6, 6.07) is 8.54. The first-order valence-electron chi connectivity index (χ1n) is 6.10. The van der Waals surface area contributed by atoms with E-state index < -0.39 is 11.7 Å². The summed E-state index contributed by atoms with van der Waals surface area (Å²) < 4.78 is 18.0. The van der Waals surface area contributed by atoms with E-state index in [0.717, 1.165) is 0 Å². The fraction of sp³-hybridized carbons (Fsp3) is 0.133. The first-order chi connectivity index (χ1) is 10.0. The van der Waals surface area contributed by atoms with Gasteiger partial charge in [-0.25, -0.2) is 4.39 Å². The number of aromatic hydroxyl groups is 1. The zero-order chi connectivity index (χ0) is 15.4. The molecule has 2 aromatic carbocycles. The molecule has 2 aromatic rings. The molecule has 0 aliphatic carbocycles. The maximum Gasteiger partial charge on any atom is 0.255 e. The Kier molecular flexibility index (Phi) is 4.65. The van der Waals surface area contributed by atoms with Crippen LogP contribution in [0.4, 0.5) is 4.39 Å². The molecular weight excluding hydrogens is 297 g/mol. The minimum atomic E-state index is -0.516. The summed E-state index contributed by atoms with van der Waals surface area (Å²) in [5, 5.41) is 12.3. The highest BCUT2D eigenvalue weighted by atomic mass is 35.5. The molecule has 0 heterocycles. The van der Waals surface area contributed by atoms with Gasteiger partial charge in [0, 0.05) is 6.54 Å². The summed E-state index contributed by atoms with van der Waals surface area (Å²) in [6.07, 6.45) is 0. The number of nitrogens with one attached hydrogen (secondary N) is 1. The van der Waals surface area contributed by atoms with Crippen molar-refractivity contribution in [3.8, 4) is 11.5 Å². The lowest BCUT2D eigenvalue weighted by Crippen LogP contribution is -2.23. The second-order valence-electron chi connectivity index (χ2n) is 4.31. The van der Waals surface area contributed by atoms with Crippen molar-refractivity contribution in [1.82, 2.24) is 5.32 Å². The molecule has 0 saturated heterocycles. The fourth-order valence-corrected chi connectivity index (χ4v) is 1.95. The van der Waals surface area contributed by atoms with Crippen molar-refractivity contribution >= 4 is 17.5 Å². The molecule has 0 unspecified atom stereocenters. The molecule has 0 fully saturated rings. The molecule has 0 atom stereocenters. The van der Waals surface area contributed by atoms with Gasteiger partial charge in [-0.2, -0.15) is 0 Å². The highest BCUT2D eigenvalue weighted by Crippen LogP contribution is 2.23. The van der Waals surface area contributed by atoms with Crippen molar-refractivity contribution in [2.75, 3.05) is 7.11 Å². The van der Waals surface area contributed by atoms with Crippen LogP contribution in [0.25, 0.3) is 0 Å². The SMILES string of the molecule is COc1ccc(O)c(C(=O)NCc2ccc(F)c(Cl)c2)c1. The van der Waals surface area contributed by atoms with Crippen LogP contribution in [0.15, 0.2) is 36.4 Å². The van der Waals surface area contributed by atoms with E-state index in [4.69, 9.17) is 16.3 Å². The minimum Gasteiger partial charge on any atom is -0.507 e. The van der Waals surface area contributed by atoms with Crippen LogP contribution in [0.1, 0.15) is 15.9 Å². The topological polar surface area (TPSA) is 58.6 Å². The van der Waals surface area contributed by atoms with Crippen LogP contribution in [-0.4, -0.2) is 18.1 Å². The fourth-order valence-electron chi connectivity index (χ4n) is 1.75. The minimum absolute atomic E-state index is 0.00836. The predicted molar refractivity (Wildman–Crippen MR) is 77.2 cm³/mol. The van der Waals surface area contributed by atoms with E-state index in [9.17, 15) is 14.3 Å². The number of hydrogen-bond acceptors (Lipinski definition) is 3. The molecule has 21 heavy (non-hydrogen) atoms. The number of hydrogen-bond donors (Lipinski definition) is 2. The Labute approximate surface area is 126 Å². The Balaban J connectivity index is 2.09. The molecule has 0 aromatic heterocycles. The number of benzene rings is 2. The highest BCUT2D eigenvalue weighted by Gasteiger charge is 2.12. The molecule has 6 heteroatoms. The summed E-state index contributed by atoms with van der Waals surface area (Å²) in [5.41, 5.74) is 0.750. The second kappa shape index (κ2) is 6.45. The molecular formula is C15H13ClFNO3. The van der Waals surface area contributed by atoms with Crippen molar-refractivity contribution in [3.05, 3.63) is 58.4 Å². The van der Waals surface area contributed by atoms with Crippen molar-refractivity contribution in [2.45, 2.75) is 6.54 Å². The molecule has 2 N–H and O–H groups in total. The molecule has 0 aliphatic rings. The molecule has 0 aliphatic heterocycles. The Morgan fingerprint density at radius 3 is 2.76 bits per heavy atom. The highest BCUT2D eigenvalue weighted by molar-refractivity contribution is 6.30. The number of methoxy groups -OCH3 is 1. The van der Waals surface area contributed by atoms with E-state index in [1.807, 2.05) is 0 Å². The number of rotatable bonds is 4. The van der Waals surface area contributed by atoms with E-state index in [0.29, 0.717) is 11.3 Å². The van der Waals surface area contributed by atoms with Gasteiger partial charge in [0.1, 0.15) is 17.3 Å². The average molecular weight is 310 g/mol. The van der Waals surface area contributed by atoms with Gasteiger partial charge in [-0.05, 0) is 35.9 Å². The first kappa shape index (κ1) is 15.1. The van der Waals surface area contributed by atoms with Gasteiger partial charge in [-0.3, -0.25) is 4.79 Å². The van der Waals surface area contributed by atoms with Crippen molar-refractivity contribution in [3.63, 3.8) is 0 Å². The first-order valence-corrected chi connectivity index (χ1v) is 6.48. The average Bonchev–Trinajstić information content (AvgIpc) is 2.48. The molecule has 0 spiro atoms. The molecule has 0 bridgehead atoms. The van der Waals surface area contributed by atoms with E-state index in [2.05, 4.69) is 5.32 Å². The van der Waals surface area contributed by atoms with Crippen LogP contribution in [0, 0.1) is 5.82 Å². The smallest absolute Gasteiger partial charge is 0.255 e.